The first-order valence-electron chi connectivity index (χ1n) is 7.15. The summed E-state index contributed by atoms with van der Waals surface area (Å²) in [6, 6.07) is 10.4. The Kier molecular flexibility index (Phi) is 5.36. The maximum absolute atomic E-state index is 11.2. The Morgan fingerprint density at radius 2 is 1.82 bits per heavy atom. The molecular weight excluding hydrogens is 284 g/mol. The molecule has 0 heterocycles. The van der Waals surface area contributed by atoms with Crippen LogP contribution in [0, 0.1) is 0 Å². The maximum atomic E-state index is 11.2. The van der Waals surface area contributed by atoms with Gasteiger partial charge in [-0.1, -0.05) is 12.1 Å². The van der Waals surface area contributed by atoms with Crippen LogP contribution in [0.25, 0.3) is 10.8 Å². The van der Waals surface area contributed by atoms with E-state index in [1.165, 1.54) is 0 Å². The molecule has 2 aromatic carbocycles. The van der Waals surface area contributed by atoms with Gasteiger partial charge in [0.05, 0.1) is 18.8 Å². The third-order valence-electron chi connectivity index (χ3n) is 3.16. The van der Waals surface area contributed by atoms with Gasteiger partial charge in [0.2, 0.25) is 0 Å². The normalized spacial score (nSPS) is 10.4. The van der Waals surface area contributed by atoms with Crippen LogP contribution < -0.4 is 4.74 Å². The second-order valence-electron chi connectivity index (χ2n) is 4.79. The molecule has 2 rings (SSSR count). The molecule has 0 saturated heterocycles. The minimum Gasteiger partial charge on any atom is -0.494 e. The molecule has 0 fully saturated rings. The van der Waals surface area contributed by atoms with Crippen LogP contribution in [0.1, 0.15) is 30.1 Å². The Labute approximate surface area is 128 Å². The molecule has 0 unspecified atom stereocenters. The number of rotatable bonds is 7. The molecule has 116 valence electrons. The molecule has 0 amide bonds. The standard InChI is InChI=1S/C17H18O5/c1-2-21-16(18)4-3-9-22-15-8-7-12-10-14(17(19)20)6-5-13(12)11-15/h5-8,10-11H,2-4,9H2,1H3,(H,19,20). The Bertz CT molecular complexity index is 678. The van der Waals surface area contributed by atoms with Crippen molar-refractivity contribution in [3.8, 4) is 5.75 Å². The summed E-state index contributed by atoms with van der Waals surface area (Å²) in [5, 5.41) is 10.7. The molecule has 0 atom stereocenters. The van der Waals surface area contributed by atoms with Crippen LogP contribution in [0.5, 0.6) is 5.75 Å². The van der Waals surface area contributed by atoms with Gasteiger partial charge in [0.1, 0.15) is 5.75 Å². The number of hydrogen-bond acceptors (Lipinski definition) is 4. The van der Waals surface area contributed by atoms with Crippen LogP contribution in [0.15, 0.2) is 36.4 Å². The fourth-order valence-electron chi connectivity index (χ4n) is 2.09. The Hall–Kier alpha value is -2.56. The van der Waals surface area contributed by atoms with Gasteiger partial charge in [0.25, 0.3) is 0 Å². The topological polar surface area (TPSA) is 72.8 Å². The first kappa shape index (κ1) is 15.8. The summed E-state index contributed by atoms with van der Waals surface area (Å²) in [6.07, 6.45) is 0.929. The molecule has 0 aliphatic carbocycles. The van der Waals surface area contributed by atoms with Gasteiger partial charge in [-0.2, -0.15) is 0 Å². The van der Waals surface area contributed by atoms with E-state index in [1.807, 2.05) is 12.1 Å². The lowest BCUT2D eigenvalue weighted by Gasteiger charge is -2.07. The first-order chi connectivity index (χ1) is 10.6. The van der Waals surface area contributed by atoms with E-state index in [2.05, 4.69) is 0 Å². The van der Waals surface area contributed by atoms with Gasteiger partial charge in [0, 0.05) is 6.42 Å². The van der Waals surface area contributed by atoms with Crippen LogP contribution in [0.3, 0.4) is 0 Å². The second-order valence-corrected chi connectivity index (χ2v) is 4.79. The number of hydrogen-bond donors (Lipinski definition) is 1. The molecule has 1 N–H and O–H groups in total. The number of carboxylic acid groups (broad SMARTS) is 1. The van der Waals surface area contributed by atoms with E-state index in [9.17, 15) is 9.59 Å². The molecule has 2 aromatic rings. The van der Waals surface area contributed by atoms with Gasteiger partial charge in [-0.25, -0.2) is 4.79 Å². The van der Waals surface area contributed by atoms with Gasteiger partial charge in [-0.15, -0.1) is 0 Å². The van der Waals surface area contributed by atoms with Crippen molar-refractivity contribution in [1.82, 2.24) is 0 Å². The Balaban J connectivity index is 1.94. The average molecular weight is 302 g/mol. The smallest absolute Gasteiger partial charge is 0.335 e. The van der Waals surface area contributed by atoms with E-state index in [0.29, 0.717) is 31.8 Å². The Morgan fingerprint density at radius 1 is 1.09 bits per heavy atom. The number of aromatic carboxylic acids is 1. The average Bonchev–Trinajstić information content (AvgIpc) is 2.51. The van der Waals surface area contributed by atoms with E-state index >= 15 is 0 Å². The van der Waals surface area contributed by atoms with Crippen molar-refractivity contribution < 1.29 is 24.2 Å². The number of carbonyl (C=O) groups excluding carboxylic acids is 1. The molecule has 0 bridgehead atoms. The number of carboxylic acids is 1. The quantitative estimate of drug-likeness (QED) is 0.628. The highest BCUT2D eigenvalue weighted by molar-refractivity contribution is 5.94. The highest BCUT2D eigenvalue weighted by Gasteiger charge is 2.05. The summed E-state index contributed by atoms with van der Waals surface area (Å²) in [4.78, 5) is 22.1. The largest absolute Gasteiger partial charge is 0.494 e. The Morgan fingerprint density at radius 3 is 2.55 bits per heavy atom. The van der Waals surface area contributed by atoms with Crippen LogP contribution in [0.2, 0.25) is 0 Å². The second kappa shape index (κ2) is 7.45. The summed E-state index contributed by atoms with van der Waals surface area (Å²) in [6.45, 7) is 2.60. The van der Waals surface area contributed by atoms with Crippen molar-refractivity contribution >= 4 is 22.7 Å². The summed E-state index contributed by atoms with van der Waals surface area (Å²) in [5.74, 6) is -0.466. The van der Waals surface area contributed by atoms with Crippen molar-refractivity contribution in [2.45, 2.75) is 19.8 Å². The zero-order chi connectivity index (χ0) is 15.9. The first-order valence-corrected chi connectivity index (χ1v) is 7.15. The van der Waals surface area contributed by atoms with Crippen molar-refractivity contribution in [3.63, 3.8) is 0 Å². The summed E-state index contributed by atoms with van der Waals surface area (Å²) in [7, 11) is 0. The fraction of sp³-hybridized carbons (Fsp3) is 0.294. The molecule has 0 aliphatic rings. The van der Waals surface area contributed by atoms with Gasteiger partial charge in [0.15, 0.2) is 0 Å². The molecule has 22 heavy (non-hydrogen) atoms. The van der Waals surface area contributed by atoms with Crippen molar-refractivity contribution in [1.29, 1.82) is 0 Å². The number of ether oxygens (including phenoxy) is 2. The van der Waals surface area contributed by atoms with Gasteiger partial charge in [-0.05, 0) is 48.4 Å². The summed E-state index contributed by atoms with van der Waals surface area (Å²) >= 11 is 0. The highest BCUT2D eigenvalue weighted by atomic mass is 16.5. The van der Waals surface area contributed by atoms with Gasteiger partial charge >= 0.3 is 11.9 Å². The molecule has 5 heteroatoms. The number of fused-ring (bicyclic) bond motifs is 1. The number of esters is 1. The molecule has 0 saturated carbocycles. The lowest BCUT2D eigenvalue weighted by Crippen LogP contribution is -2.06. The lowest BCUT2D eigenvalue weighted by atomic mass is 10.1. The number of carbonyl (C=O) groups is 2. The zero-order valence-corrected chi connectivity index (χ0v) is 12.4. The number of benzene rings is 2. The van der Waals surface area contributed by atoms with E-state index in [4.69, 9.17) is 14.6 Å². The third-order valence-corrected chi connectivity index (χ3v) is 3.16. The van der Waals surface area contributed by atoms with Crippen LogP contribution in [0.4, 0.5) is 0 Å². The third kappa shape index (κ3) is 4.22. The predicted octanol–water partition coefficient (Wildman–Crippen LogP) is 3.26. The summed E-state index contributed by atoms with van der Waals surface area (Å²) < 4.78 is 10.4. The predicted molar refractivity (Wildman–Crippen MR) is 82.3 cm³/mol. The van der Waals surface area contributed by atoms with E-state index in [1.54, 1.807) is 31.2 Å². The van der Waals surface area contributed by atoms with Crippen LogP contribution in [-0.4, -0.2) is 30.3 Å². The van der Waals surface area contributed by atoms with Crippen LogP contribution in [-0.2, 0) is 9.53 Å². The summed E-state index contributed by atoms with van der Waals surface area (Å²) in [5.41, 5.74) is 0.260. The molecular formula is C17H18O5. The molecule has 0 aromatic heterocycles. The molecule has 0 radical (unpaired) electrons. The van der Waals surface area contributed by atoms with Crippen molar-refractivity contribution in [3.05, 3.63) is 42.0 Å². The van der Waals surface area contributed by atoms with Crippen molar-refractivity contribution in [2.24, 2.45) is 0 Å². The van der Waals surface area contributed by atoms with Crippen LogP contribution >= 0.6 is 0 Å². The van der Waals surface area contributed by atoms with E-state index in [0.717, 1.165) is 10.8 Å². The van der Waals surface area contributed by atoms with Crippen molar-refractivity contribution in [2.75, 3.05) is 13.2 Å². The maximum Gasteiger partial charge on any atom is 0.335 e. The fourth-order valence-corrected chi connectivity index (χ4v) is 2.09. The SMILES string of the molecule is CCOC(=O)CCCOc1ccc2cc(C(=O)O)ccc2c1. The molecule has 0 spiro atoms. The van der Waals surface area contributed by atoms with E-state index < -0.39 is 5.97 Å². The van der Waals surface area contributed by atoms with E-state index in [-0.39, 0.29) is 11.5 Å². The highest BCUT2D eigenvalue weighted by Crippen LogP contribution is 2.22. The minimum atomic E-state index is -0.943. The molecule has 5 nitrogen and oxygen atoms in total. The minimum absolute atomic E-state index is 0.217. The van der Waals surface area contributed by atoms with Gasteiger partial charge in [-0.3, -0.25) is 4.79 Å². The monoisotopic (exact) mass is 302 g/mol. The lowest BCUT2D eigenvalue weighted by molar-refractivity contribution is -0.143. The zero-order valence-electron chi connectivity index (χ0n) is 12.4. The molecule has 0 aliphatic heterocycles. The van der Waals surface area contributed by atoms with Gasteiger partial charge < -0.3 is 14.6 Å².